The molecule has 3 aromatic carbocycles. The van der Waals surface area contributed by atoms with Crippen LogP contribution in [0.2, 0.25) is 0 Å². The lowest BCUT2D eigenvalue weighted by Crippen LogP contribution is -2.43. The van der Waals surface area contributed by atoms with Crippen molar-refractivity contribution in [1.29, 1.82) is 0 Å². The number of benzene rings is 3. The van der Waals surface area contributed by atoms with Crippen molar-refractivity contribution in [3.8, 4) is 11.1 Å². The average Bonchev–Trinajstić information content (AvgIpc) is 3.28. The molecule has 3 aromatic rings. The summed E-state index contributed by atoms with van der Waals surface area (Å²) in [6.45, 7) is 1.54. The van der Waals surface area contributed by atoms with Crippen molar-refractivity contribution in [1.82, 2.24) is 5.32 Å². The maximum absolute atomic E-state index is 15.0. The van der Waals surface area contributed by atoms with E-state index in [9.17, 15) is 22.8 Å². The lowest BCUT2D eigenvalue weighted by molar-refractivity contribution is -0.120. The van der Waals surface area contributed by atoms with Gasteiger partial charge < -0.3 is 15.8 Å². The van der Waals surface area contributed by atoms with E-state index >= 15 is 4.39 Å². The maximum atomic E-state index is 15.0. The molecule has 2 atom stereocenters. The highest BCUT2D eigenvalue weighted by atomic mass is 32.2. The lowest BCUT2D eigenvalue weighted by atomic mass is 10.0. The third kappa shape index (κ3) is 5.90. The largest absolute Gasteiger partial charge is 0.442 e. The summed E-state index contributed by atoms with van der Waals surface area (Å²) in [4.78, 5) is 37.5. The Morgan fingerprint density at radius 2 is 1.84 bits per heavy atom. The van der Waals surface area contributed by atoms with Crippen molar-refractivity contribution in [2.24, 2.45) is 5.73 Å². The van der Waals surface area contributed by atoms with E-state index in [1.54, 1.807) is 36.4 Å². The molecule has 0 radical (unpaired) electrons. The van der Waals surface area contributed by atoms with Crippen LogP contribution in [0.15, 0.2) is 71.6 Å². The fourth-order valence-corrected chi connectivity index (χ4v) is 4.67. The van der Waals surface area contributed by atoms with Gasteiger partial charge in [0.05, 0.1) is 17.1 Å². The molecule has 198 valence electrons. The number of nitrogens with zero attached hydrogens (tertiary/aromatic N) is 1. The van der Waals surface area contributed by atoms with Crippen LogP contribution in [0.5, 0.6) is 0 Å². The average molecular weight is 540 g/mol. The van der Waals surface area contributed by atoms with Crippen LogP contribution < -0.4 is 16.0 Å². The molecular weight excluding hydrogens is 513 g/mol. The van der Waals surface area contributed by atoms with Gasteiger partial charge in [-0.25, -0.2) is 17.6 Å². The number of nitrogens with two attached hydrogens (primary N) is 1. The molecule has 2 amide bonds. The van der Waals surface area contributed by atoms with Crippen molar-refractivity contribution >= 4 is 33.3 Å². The van der Waals surface area contributed by atoms with Crippen LogP contribution in [-0.2, 0) is 25.9 Å². The molecule has 9 nitrogen and oxygen atoms in total. The summed E-state index contributed by atoms with van der Waals surface area (Å²) in [5, 5.41) is 2.74. The number of halogens is 1. The topological polar surface area (TPSA) is 136 Å². The summed E-state index contributed by atoms with van der Waals surface area (Å²) in [6.07, 6.45) is -0.433. The zero-order valence-electron chi connectivity index (χ0n) is 20.7. The molecule has 3 N–H and O–H groups in total. The zero-order chi connectivity index (χ0) is 27.6. The molecule has 1 aliphatic heterocycles. The highest BCUT2D eigenvalue weighted by molar-refractivity contribution is 7.90. The fraction of sp³-hybridized carbons (Fsp3) is 0.222. The number of hydrogen-bond acceptors (Lipinski definition) is 7. The monoisotopic (exact) mass is 539 g/mol. The van der Waals surface area contributed by atoms with Crippen LogP contribution >= 0.6 is 0 Å². The van der Waals surface area contributed by atoms with E-state index in [0.717, 1.165) is 11.8 Å². The van der Waals surface area contributed by atoms with Gasteiger partial charge in [0.25, 0.3) is 5.91 Å². The highest BCUT2D eigenvalue weighted by Crippen LogP contribution is 2.29. The zero-order valence-corrected chi connectivity index (χ0v) is 21.5. The normalized spacial score (nSPS) is 16.2. The van der Waals surface area contributed by atoms with Crippen molar-refractivity contribution < 1.29 is 31.9 Å². The molecule has 0 saturated carbocycles. The molecule has 1 unspecified atom stereocenters. The molecule has 0 aromatic heterocycles. The molecule has 1 aliphatic rings. The van der Waals surface area contributed by atoms with Crippen LogP contribution in [-0.4, -0.2) is 51.1 Å². The van der Waals surface area contributed by atoms with Crippen LogP contribution in [0.1, 0.15) is 22.8 Å². The summed E-state index contributed by atoms with van der Waals surface area (Å²) in [7, 11) is -3.43. The molecule has 0 aliphatic carbocycles. The number of Topliss-reactive ketones (excluding diaryl/α,β-unsaturated/α-hetero) is 1. The molecule has 1 fully saturated rings. The number of amides is 2. The Hall–Kier alpha value is -4.09. The first-order chi connectivity index (χ1) is 17.9. The molecule has 38 heavy (non-hydrogen) atoms. The lowest BCUT2D eigenvalue weighted by Gasteiger charge is -2.16. The summed E-state index contributed by atoms with van der Waals surface area (Å²) in [6, 6.07) is 16.1. The number of hydrogen-bond donors (Lipinski definition) is 2. The van der Waals surface area contributed by atoms with Gasteiger partial charge in [0.15, 0.2) is 9.84 Å². The number of carbonyl (C=O) groups is 3. The van der Waals surface area contributed by atoms with Crippen LogP contribution in [0.4, 0.5) is 14.9 Å². The number of sulfone groups is 1. The molecule has 11 heteroatoms. The molecule has 1 saturated heterocycles. The van der Waals surface area contributed by atoms with Crippen LogP contribution in [0.3, 0.4) is 0 Å². The first-order valence-corrected chi connectivity index (χ1v) is 13.5. The van der Waals surface area contributed by atoms with Gasteiger partial charge in [-0.1, -0.05) is 30.3 Å². The first-order valence-electron chi connectivity index (χ1n) is 11.7. The molecule has 1 heterocycles. The van der Waals surface area contributed by atoms with Gasteiger partial charge in [0.2, 0.25) is 0 Å². The SMILES string of the molecule is CC(=O)[C@@H](N)C1CN(c2ccc(-c3ccc(CNC(=O)c4cccc(S(C)(=O)=O)c4)cc3)c(F)c2)C(=O)O1. The van der Waals surface area contributed by atoms with E-state index in [1.807, 2.05) is 0 Å². The van der Waals surface area contributed by atoms with Gasteiger partial charge in [0, 0.05) is 23.9 Å². The van der Waals surface area contributed by atoms with E-state index in [4.69, 9.17) is 10.5 Å². The number of anilines is 1. The number of ketones is 1. The van der Waals surface area contributed by atoms with Gasteiger partial charge in [0.1, 0.15) is 23.7 Å². The van der Waals surface area contributed by atoms with Crippen molar-refractivity contribution in [2.45, 2.75) is 30.5 Å². The van der Waals surface area contributed by atoms with E-state index < -0.39 is 39.8 Å². The number of nitrogens with one attached hydrogen (secondary N) is 1. The van der Waals surface area contributed by atoms with E-state index in [0.29, 0.717) is 11.1 Å². The smallest absolute Gasteiger partial charge is 0.414 e. The maximum Gasteiger partial charge on any atom is 0.414 e. The summed E-state index contributed by atoms with van der Waals surface area (Å²) in [5.41, 5.74) is 7.95. The van der Waals surface area contributed by atoms with Gasteiger partial charge in [-0.15, -0.1) is 0 Å². The number of carbonyl (C=O) groups excluding carboxylic acids is 3. The minimum atomic E-state index is -3.43. The predicted octanol–water partition coefficient (Wildman–Crippen LogP) is 3.07. The second kappa shape index (κ2) is 10.7. The van der Waals surface area contributed by atoms with Crippen molar-refractivity contribution in [2.75, 3.05) is 17.7 Å². The second-order valence-electron chi connectivity index (χ2n) is 9.01. The fourth-order valence-electron chi connectivity index (χ4n) is 4.00. The van der Waals surface area contributed by atoms with Crippen LogP contribution in [0.25, 0.3) is 11.1 Å². The summed E-state index contributed by atoms with van der Waals surface area (Å²) in [5.74, 6) is -1.29. The first kappa shape index (κ1) is 27.0. The predicted molar refractivity (Wildman–Crippen MR) is 139 cm³/mol. The number of rotatable bonds is 8. The number of ether oxygens (including phenoxy) is 1. The van der Waals surface area contributed by atoms with Gasteiger partial charge in [-0.05, 0) is 54.4 Å². The Morgan fingerprint density at radius 3 is 2.47 bits per heavy atom. The third-order valence-electron chi connectivity index (χ3n) is 6.21. The Balaban J connectivity index is 1.42. The molecule has 0 spiro atoms. The van der Waals surface area contributed by atoms with Crippen molar-refractivity contribution in [3.63, 3.8) is 0 Å². The standard InChI is InChI=1S/C27H26FN3O6S/c1-16(32)25(29)24-15-31(27(34)37-24)20-10-11-22(23(28)13-20)18-8-6-17(7-9-18)14-30-26(33)19-4-3-5-21(12-19)38(2,35)36/h3-13,24-25H,14-15,29H2,1-2H3,(H,30,33)/t24?,25-/m1/s1. The minimum Gasteiger partial charge on any atom is -0.442 e. The second-order valence-corrected chi connectivity index (χ2v) is 11.0. The summed E-state index contributed by atoms with van der Waals surface area (Å²) < 4.78 is 43.6. The van der Waals surface area contributed by atoms with Gasteiger partial charge in [-0.3, -0.25) is 14.5 Å². The van der Waals surface area contributed by atoms with Gasteiger partial charge >= 0.3 is 6.09 Å². The molecule has 4 rings (SSSR count). The van der Waals surface area contributed by atoms with E-state index in [2.05, 4.69) is 5.32 Å². The molecular formula is C27H26FN3O6S. The third-order valence-corrected chi connectivity index (χ3v) is 7.32. The number of cyclic esters (lactones) is 1. The van der Waals surface area contributed by atoms with E-state index in [1.165, 1.54) is 42.2 Å². The van der Waals surface area contributed by atoms with Crippen molar-refractivity contribution in [3.05, 3.63) is 83.7 Å². The Kier molecular flexibility index (Phi) is 7.61. The highest BCUT2D eigenvalue weighted by Gasteiger charge is 2.37. The van der Waals surface area contributed by atoms with E-state index in [-0.39, 0.29) is 35.0 Å². The Bertz CT molecular complexity index is 1510. The van der Waals surface area contributed by atoms with Crippen LogP contribution in [0, 0.1) is 5.82 Å². The molecule has 0 bridgehead atoms. The quantitative estimate of drug-likeness (QED) is 0.449. The Morgan fingerprint density at radius 1 is 1.13 bits per heavy atom. The Labute approximate surface area is 219 Å². The van der Waals surface area contributed by atoms with Gasteiger partial charge in [-0.2, -0.15) is 0 Å². The summed E-state index contributed by atoms with van der Waals surface area (Å²) >= 11 is 0. The minimum absolute atomic E-state index is 0.0390.